The van der Waals surface area contributed by atoms with Crippen molar-refractivity contribution >= 4 is 37.0 Å². The van der Waals surface area contributed by atoms with Crippen LogP contribution in [0.1, 0.15) is 25.8 Å². The molecule has 82 valence electrons. The lowest BCUT2D eigenvalue weighted by Crippen LogP contribution is -2.19. The van der Waals surface area contributed by atoms with Gasteiger partial charge < -0.3 is 0 Å². The molecule has 0 amide bonds. The predicted octanol–water partition coefficient (Wildman–Crippen LogP) is 3.03. The minimum absolute atomic E-state index is 0.191. The van der Waals surface area contributed by atoms with E-state index in [1.54, 1.807) is 22.3 Å². The Morgan fingerprint density at radius 2 is 2.40 bits per heavy atom. The van der Waals surface area contributed by atoms with Crippen LogP contribution in [0.25, 0.3) is 0 Å². The van der Waals surface area contributed by atoms with Crippen LogP contribution in [0.2, 0.25) is 0 Å². The summed E-state index contributed by atoms with van der Waals surface area (Å²) < 4.78 is 2.75. The highest BCUT2D eigenvalue weighted by Gasteiger charge is 2.31. The van der Waals surface area contributed by atoms with Crippen molar-refractivity contribution in [2.75, 3.05) is 7.05 Å². The van der Waals surface area contributed by atoms with Crippen molar-refractivity contribution in [2.24, 2.45) is 4.99 Å². The summed E-state index contributed by atoms with van der Waals surface area (Å²) in [7, 11) is 1.87. The minimum atomic E-state index is -0.191. The van der Waals surface area contributed by atoms with Gasteiger partial charge in [-0.05, 0) is 24.8 Å². The summed E-state index contributed by atoms with van der Waals surface area (Å²) >= 11 is 6.10. The van der Waals surface area contributed by atoms with Gasteiger partial charge in [0.05, 0.1) is 18.0 Å². The maximum absolute atomic E-state index is 4.57. The predicted molar refractivity (Wildman–Crippen MR) is 71.0 cm³/mol. The zero-order chi connectivity index (χ0) is 11.5. The number of hydrogen-bond donors (Lipinski definition) is 1. The van der Waals surface area contributed by atoms with E-state index in [4.69, 9.17) is 0 Å². The number of thiol groups is 1. The molecule has 1 aromatic heterocycles. The van der Waals surface area contributed by atoms with Crippen LogP contribution < -0.4 is 0 Å². The zero-order valence-electron chi connectivity index (χ0n) is 9.40. The molecular weight excluding hydrogens is 224 g/mol. The molecule has 0 N–H and O–H groups in total. The van der Waals surface area contributed by atoms with Crippen LogP contribution in [0.5, 0.6) is 0 Å². The Morgan fingerprint density at radius 3 is 2.80 bits per heavy atom. The van der Waals surface area contributed by atoms with Crippen molar-refractivity contribution in [3.8, 4) is 0 Å². The second kappa shape index (κ2) is 4.94. The van der Waals surface area contributed by atoms with Crippen LogP contribution in [0.3, 0.4) is 0 Å². The molecule has 0 aromatic carbocycles. The Balaban J connectivity index is 3.05. The van der Waals surface area contributed by atoms with E-state index in [2.05, 4.69) is 49.6 Å². The first-order valence-corrected chi connectivity index (χ1v) is 6.18. The van der Waals surface area contributed by atoms with E-state index < -0.39 is 0 Å². The largest absolute Gasteiger partial charge is 0.280 e. The zero-order valence-corrected chi connectivity index (χ0v) is 11.1. The number of aliphatic imine (C=N–C) groups is 1. The maximum atomic E-state index is 4.57. The Kier molecular flexibility index (Phi) is 4.11. The molecule has 0 bridgehead atoms. The third-order valence-electron chi connectivity index (χ3n) is 2.45. The number of thiophene rings is 1. The summed E-state index contributed by atoms with van der Waals surface area (Å²) in [4.78, 5) is 4.57. The second-order valence-corrected chi connectivity index (χ2v) is 5.43. The topological polar surface area (TPSA) is 15.4 Å². The number of rotatable bonds is 4. The lowest BCUT2D eigenvalue weighted by Gasteiger charge is -2.16. The van der Waals surface area contributed by atoms with Crippen LogP contribution in [-0.2, 0) is 5.54 Å². The fraction of sp³-hybridized carbons (Fsp3) is 0.455. The van der Waals surface area contributed by atoms with Gasteiger partial charge >= 0.3 is 0 Å². The molecule has 0 fully saturated rings. The third kappa shape index (κ3) is 2.92. The van der Waals surface area contributed by atoms with Gasteiger partial charge in [0.1, 0.15) is 0 Å². The highest BCUT2D eigenvalue weighted by Crippen LogP contribution is 2.36. The average Bonchev–Trinajstić information content (AvgIpc) is 2.61. The molecular formula is C11H17N2S2+. The molecule has 0 saturated heterocycles. The van der Waals surface area contributed by atoms with Crippen LogP contribution >= 0.6 is 24.0 Å². The number of hydrogen-bond acceptors (Lipinski definition) is 3. The Bertz CT molecular complexity index is 382. The molecule has 15 heavy (non-hydrogen) atoms. The van der Waals surface area contributed by atoms with E-state index in [-0.39, 0.29) is 5.54 Å². The molecule has 0 saturated carbocycles. The normalized spacial score (nSPS) is 15.5. The molecule has 0 aliphatic rings. The van der Waals surface area contributed by atoms with Gasteiger partial charge in [0.2, 0.25) is 0 Å². The van der Waals surface area contributed by atoms with Crippen molar-refractivity contribution in [1.82, 2.24) is 0 Å². The Hall–Kier alpha value is -0.610. The van der Waals surface area contributed by atoms with Crippen molar-refractivity contribution < 1.29 is 4.58 Å². The first-order valence-electron chi connectivity index (χ1n) is 4.85. The van der Waals surface area contributed by atoms with E-state index in [0.29, 0.717) is 0 Å². The van der Waals surface area contributed by atoms with Gasteiger partial charge in [0, 0.05) is 5.56 Å². The highest BCUT2D eigenvalue weighted by molar-refractivity contribution is 7.82. The fourth-order valence-corrected chi connectivity index (χ4v) is 2.53. The van der Waals surface area contributed by atoms with Crippen molar-refractivity contribution in [3.63, 3.8) is 0 Å². The maximum Gasteiger partial charge on any atom is 0.280 e. The lowest BCUT2D eigenvalue weighted by atomic mass is 9.92. The van der Waals surface area contributed by atoms with E-state index in [1.165, 1.54) is 5.56 Å². The van der Waals surface area contributed by atoms with Gasteiger partial charge in [-0.25, -0.2) is 4.58 Å². The fourth-order valence-electron chi connectivity index (χ4n) is 1.29. The molecule has 2 nitrogen and oxygen atoms in total. The molecule has 1 unspecified atom stereocenters. The van der Waals surface area contributed by atoms with Crippen molar-refractivity contribution in [2.45, 2.75) is 30.0 Å². The summed E-state index contributed by atoms with van der Waals surface area (Å²) in [5, 5.41) is 2.05. The average molecular weight is 241 g/mol. The second-order valence-electron chi connectivity index (χ2n) is 3.77. The van der Waals surface area contributed by atoms with E-state index in [0.717, 1.165) is 10.6 Å². The lowest BCUT2D eigenvalue weighted by molar-refractivity contribution is -0.350. The minimum Gasteiger partial charge on any atom is -0.247 e. The summed E-state index contributed by atoms with van der Waals surface area (Å²) in [5.41, 5.74) is 1.000. The molecule has 1 heterocycles. The van der Waals surface area contributed by atoms with Gasteiger partial charge in [0.15, 0.2) is 5.54 Å². The molecule has 0 aliphatic carbocycles. The van der Waals surface area contributed by atoms with E-state index in [1.807, 2.05) is 7.05 Å². The monoisotopic (exact) mass is 241 g/mol. The molecule has 4 heteroatoms. The third-order valence-corrected chi connectivity index (χ3v) is 3.73. The first kappa shape index (κ1) is 12.5. The van der Waals surface area contributed by atoms with Crippen molar-refractivity contribution in [1.29, 1.82) is 0 Å². The van der Waals surface area contributed by atoms with Gasteiger partial charge in [-0.1, -0.05) is 11.9 Å². The van der Waals surface area contributed by atoms with Crippen LogP contribution in [0.15, 0.2) is 20.6 Å². The summed E-state index contributed by atoms with van der Waals surface area (Å²) in [6, 6.07) is 2.09. The van der Waals surface area contributed by atoms with Crippen molar-refractivity contribution in [3.05, 3.63) is 17.0 Å². The van der Waals surface area contributed by atoms with Gasteiger partial charge in [0.25, 0.3) is 6.34 Å². The standard InChI is InChI=1S/C11H16N2S2/c1-5-11(2,12-8-13(3)4)9-6-7-15-10(9)14/h6-8H,3,5H2,1-2,4H3/p+1. The summed E-state index contributed by atoms with van der Waals surface area (Å²) in [6.07, 6.45) is 2.70. The molecule has 0 radical (unpaired) electrons. The smallest absolute Gasteiger partial charge is 0.247 e. The first-order chi connectivity index (χ1) is 6.99. The van der Waals surface area contributed by atoms with Crippen LogP contribution in [0.4, 0.5) is 0 Å². The number of nitrogens with zero attached hydrogens (tertiary/aromatic N) is 2. The molecule has 1 rings (SSSR count). The Labute approximate surface area is 101 Å². The van der Waals surface area contributed by atoms with Gasteiger partial charge in [-0.15, -0.1) is 24.0 Å². The summed E-state index contributed by atoms with van der Waals surface area (Å²) in [6.45, 7) is 8.00. The quantitative estimate of drug-likeness (QED) is 0.361. The molecule has 0 aliphatic heterocycles. The van der Waals surface area contributed by atoms with Gasteiger partial charge in [-0.3, -0.25) is 0 Å². The van der Waals surface area contributed by atoms with E-state index >= 15 is 0 Å². The SMILES string of the molecule is C=[N+](C)C=NC(C)(CC)c1ccsc1S. The van der Waals surface area contributed by atoms with Crippen LogP contribution in [0, 0.1) is 0 Å². The van der Waals surface area contributed by atoms with E-state index in [9.17, 15) is 0 Å². The highest BCUT2D eigenvalue weighted by atomic mass is 32.2. The van der Waals surface area contributed by atoms with Gasteiger partial charge in [-0.2, -0.15) is 0 Å². The molecule has 0 spiro atoms. The molecule has 1 atom stereocenters. The van der Waals surface area contributed by atoms with Crippen LogP contribution in [-0.4, -0.2) is 24.7 Å². The Morgan fingerprint density at radius 1 is 1.73 bits per heavy atom. The molecule has 1 aromatic rings. The summed E-state index contributed by atoms with van der Waals surface area (Å²) in [5.74, 6) is 0.